The van der Waals surface area contributed by atoms with Crippen molar-refractivity contribution in [1.29, 1.82) is 0 Å². The lowest BCUT2D eigenvalue weighted by Gasteiger charge is -2.11. The topological polar surface area (TPSA) is 89.7 Å². The summed E-state index contributed by atoms with van der Waals surface area (Å²) in [5.41, 5.74) is -0.130. The van der Waals surface area contributed by atoms with Gasteiger partial charge in [-0.25, -0.2) is 4.79 Å². The summed E-state index contributed by atoms with van der Waals surface area (Å²) in [6, 6.07) is 14.1. The van der Waals surface area contributed by atoms with Crippen LogP contribution in [0.25, 0.3) is 11.3 Å². The molecule has 118 valence electrons. The van der Waals surface area contributed by atoms with Crippen LogP contribution in [0.5, 0.6) is 0 Å². The van der Waals surface area contributed by atoms with Crippen molar-refractivity contribution in [2.24, 2.45) is 0 Å². The van der Waals surface area contributed by atoms with Crippen LogP contribution in [-0.2, 0) is 9.53 Å². The van der Waals surface area contributed by atoms with Crippen molar-refractivity contribution in [1.82, 2.24) is 0 Å². The first kappa shape index (κ1) is 16.2. The summed E-state index contributed by atoms with van der Waals surface area (Å²) < 4.78 is 4.96. The van der Waals surface area contributed by atoms with Gasteiger partial charge in [0.2, 0.25) is 0 Å². The van der Waals surface area contributed by atoms with E-state index < -0.39 is 10.9 Å². The van der Waals surface area contributed by atoms with E-state index in [4.69, 9.17) is 4.74 Å². The van der Waals surface area contributed by atoms with Gasteiger partial charge in [-0.15, -0.1) is 0 Å². The molecule has 0 aromatic heterocycles. The lowest BCUT2D eigenvalue weighted by Crippen LogP contribution is -2.11. The van der Waals surface area contributed by atoms with Crippen LogP contribution in [0.4, 0.5) is 5.69 Å². The molecule has 0 aliphatic carbocycles. The molecule has 0 aliphatic rings. The van der Waals surface area contributed by atoms with Crippen molar-refractivity contribution in [3.8, 4) is 0 Å². The largest absolute Gasteiger partial charge is 0.506 e. The minimum atomic E-state index is -0.817. The van der Waals surface area contributed by atoms with E-state index in [0.717, 1.165) is 0 Å². The van der Waals surface area contributed by atoms with Crippen molar-refractivity contribution in [3.63, 3.8) is 0 Å². The van der Waals surface area contributed by atoms with E-state index in [9.17, 15) is 20.0 Å². The van der Waals surface area contributed by atoms with Gasteiger partial charge in [0.05, 0.1) is 17.1 Å². The Balaban J connectivity index is 2.70. The van der Waals surface area contributed by atoms with Crippen LogP contribution in [0.2, 0.25) is 0 Å². The zero-order valence-electron chi connectivity index (χ0n) is 12.4. The number of carbonyl (C=O) groups is 1. The first-order valence-corrected chi connectivity index (χ1v) is 6.95. The molecular formula is C17H15NO5. The van der Waals surface area contributed by atoms with Gasteiger partial charge in [-0.2, -0.15) is 0 Å². The van der Waals surface area contributed by atoms with E-state index in [0.29, 0.717) is 5.56 Å². The third kappa shape index (κ3) is 3.55. The van der Waals surface area contributed by atoms with Gasteiger partial charge in [-0.3, -0.25) is 10.1 Å². The summed E-state index contributed by atoms with van der Waals surface area (Å²) in [6.45, 7) is 1.71. The van der Waals surface area contributed by atoms with Crippen LogP contribution in [0.3, 0.4) is 0 Å². The molecule has 0 saturated carbocycles. The number of aliphatic hydroxyl groups is 1. The summed E-state index contributed by atoms with van der Waals surface area (Å²) in [4.78, 5) is 22.9. The Labute approximate surface area is 132 Å². The van der Waals surface area contributed by atoms with Gasteiger partial charge < -0.3 is 9.84 Å². The molecule has 0 bridgehead atoms. The Morgan fingerprint density at radius 3 is 2.35 bits per heavy atom. The Morgan fingerprint density at radius 1 is 1.13 bits per heavy atom. The number of para-hydroxylation sites is 1. The van der Waals surface area contributed by atoms with Crippen molar-refractivity contribution >= 4 is 23.0 Å². The highest BCUT2D eigenvalue weighted by Crippen LogP contribution is 2.31. The lowest BCUT2D eigenvalue weighted by molar-refractivity contribution is -0.385. The maximum absolute atomic E-state index is 12.3. The van der Waals surface area contributed by atoms with Crippen LogP contribution < -0.4 is 0 Å². The Kier molecular flexibility index (Phi) is 5.09. The van der Waals surface area contributed by atoms with Crippen LogP contribution in [0.15, 0.2) is 54.6 Å². The Bertz CT molecular complexity index is 753. The molecule has 6 heteroatoms. The second-order valence-electron chi connectivity index (χ2n) is 4.58. The van der Waals surface area contributed by atoms with Crippen molar-refractivity contribution in [2.45, 2.75) is 6.92 Å². The van der Waals surface area contributed by atoms with E-state index in [1.54, 1.807) is 43.3 Å². The average molecular weight is 313 g/mol. The molecule has 23 heavy (non-hydrogen) atoms. The van der Waals surface area contributed by atoms with Crippen molar-refractivity contribution in [2.75, 3.05) is 6.61 Å². The number of nitro groups is 1. The normalized spacial score (nSPS) is 11.5. The number of benzene rings is 2. The zero-order valence-corrected chi connectivity index (χ0v) is 12.4. The molecule has 0 spiro atoms. The average Bonchev–Trinajstić information content (AvgIpc) is 2.56. The molecule has 0 unspecified atom stereocenters. The third-order valence-corrected chi connectivity index (χ3v) is 3.13. The van der Waals surface area contributed by atoms with Gasteiger partial charge in [0.1, 0.15) is 11.3 Å². The smallest absolute Gasteiger partial charge is 0.342 e. The molecule has 2 aromatic carbocycles. The highest BCUT2D eigenvalue weighted by atomic mass is 16.6. The van der Waals surface area contributed by atoms with Crippen LogP contribution in [0.1, 0.15) is 18.1 Å². The fourth-order valence-electron chi connectivity index (χ4n) is 2.12. The zero-order chi connectivity index (χ0) is 16.8. The quantitative estimate of drug-likeness (QED) is 0.227. The maximum Gasteiger partial charge on any atom is 0.342 e. The second kappa shape index (κ2) is 7.22. The molecule has 6 nitrogen and oxygen atoms in total. The molecule has 0 aliphatic heterocycles. The van der Waals surface area contributed by atoms with Gasteiger partial charge in [-0.05, 0) is 13.0 Å². The number of esters is 1. The summed E-state index contributed by atoms with van der Waals surface area (Å²) in [7, 11) is 0. The first-order valence-electron chi connectivity index (χ1n) is 6.95. The number of hydrogen-bond donors (Lipinski definition) is 1. The SMILES string of the molecule is CCOC(=O)/C(=C(/O)c1ccccc1)c1ccccc1[N+](=O)[O-]. The highest BCUT2D eigenvalue weighted by Gasteiger charge is 2.26. The fraction of sp³-hybridized carbons (Fsp3) is 0.118. The van der Waals surface area contributed by atoms with Crippen molar-refractivity contribution in [3.05, 3.63) is 75.8 Å². The summed E-state index contributed by atoms with van der Waals surface area (Å²) >= 11 is 0. The molecule has 0 atom stereocenters. The number of rotatable bonds is 5. The molecule has 1 N–H and O–H groups in total. The van der Waals surface area contributed by atoms with Crippen molar-refractivity contribution < 1.29 is 19.6 Å². The maximum atomic E-state index is 12.3. The Morgan fingerprint density at radius 2 is 1.74 bits per heavy atom. The number of aliphatic hydroxyl groups excluding tert-OH is 1. The van der Waals surface area contributed by atoms with Crippen LogP contribution >= 0.6 is 0 Å². The molecule has 2 rings (SSSR count). The molecule has 2 aromatic rings. The van der Waals surface area contributed by atoms with E-state index in [2.05, 4.69) is 0 Å². The molecule has 0 radical (unpaired) electrons. The molecule has 0 fully saturated rings. The summed E-state index contributed by atoms with van der Waals surface area (Å²) in [5.74, 6) is -1.18. The minimum Gasteiger partial charge on any atom is -0.506 e. The number of carbonyl (C=O) groups excluding carboxylic acids is 1. The molecule has 0 saturated heterocycles. The standard InChI is InChI=1S/C17H15NO5/c1-2-23-17(20)15(16(19)12-8-4-3-5-9-12)13-10-6-7-11-14(13)18(21)22/h3-11,19H,2H2,1H3/b16-15+. The number of ether oxygens (including phenoxy) is 1. The number of nitrogens with zero attached hydrogens (tertiary/aromatic N) is 1. The molecule has 0 amide bonds. The summed E-state index contributed by atoms with van der Waals surface area (Å²) in [5, 5.41) is 21.7. The number of hydrogen-bond acceptors (Lipinski definition) is 5. The third-order valence-electron chi connectivity index (χ3n) is 3.13. The van der Waals surface area contributed by atoms with E-state index in [1.807, 2.05) is 0 Å². The van der Waals surface area contributed by atoms with Gasteiger partial charge in [0, 0.05) is 11.6 Å². The van der Waals surface area contributed by atoms with E-state index >= 15 is 0 Å². The highest BCUT2D eigenvalue weighted by molar-refractivity contribution is 6.24. The predicted molar refractivity (Wildman–Crippen MR) is 85.6 cm³/mol. The lowest BCUT2D eigenvalue weighted by atomic mass is 9.99. The van der Waals surface area contributed by atoms with Gasteiger partial charge in [0.25, 0.3) is 5.69 Å². The van der Waals surface area contributed by atoms with E-state index in [1.165, 1.54) is 18.2 Å². The van der Waals surface area contributed by atoms with Gasteiger partial charge in [0.15, 0.2) is 0 Å². The van der Waals surface area contributed by atoms with E-state index in [-0.39, 0.29) is 29.2 Å². The predicted octanol–water partition coefficient (Wildman–Crippen LogP) is 3.58. The van der Waals surface area contributed by atoms with Crippen LogP contribution in [0, 0.1) is 10.1 Å². The minimum absolute atomic E-state index is 0.0114. The first-order chi connectivity index (χ1) is 11.1. The van der Waals surface area contributed by atoms with Gasteiger partial charge in [-0.1, -0.05) is 42.5 Å². The molecule has 0 heterocycles. The second-order valence-corrected chi connectivity index (χ2v) is 4.58. The number of nitro benzene ring substituents is 1. The van der Waals surface area contributed by atoms with Gasteiger partial charge >= 0.3 is 5.97 Å². The Hall–Kier alpha value is -3.15. The monoisotopic (exact) mass is 313 g/mol. The molecular weight excluding hydrogens is 298 g/mol. The fourth-order valence-corrected chi connectivity index (χ4v) is 2.12. The van der Waals surface area contributed by atoms with Crippen LogP contribution in [-0.4, -0.2) is 22.6 Å². The summed E-state index contributed by atoms with van der Waals surface area (Å²) in [6.07, 6.45) is 0.